The number of halogens is 2. The van der Waals surface area contributed by atoms with E-state index in [0.717, 1.165) is 12.1 Å². The lowest BCUT2D eigenvalue weighted by Crippen LogP contribution is -2.53. The minimum Gasteiger partial charge on any atom is -0.343 e. The summed E-state index contributed by atoms with van der Waals surface area (Å²) < 4.78 is 25.8. The second kappa shape index (κ2) is 6.62. The Kier molecular flexibility index (Phi) is 4.85. The standard InChI is InChI=1S/C14H17F2N3O2/c1-9-8-19(5-4-17-9)13(20)7-18-14(21)10-2-3-11(15)12(16)6-10/h2-3,6,9,17H,4-5,7-8H2,1H3,(H,18,21)/t9-/m1/s1. The molecule has 1 aromatic carbocycles. The van der Waals surface area contributed by atoms with Gasteiger partial charge in [-0.05, 0) is 25.1 Å². The van der Waals surface area contributed by atoms with Crippen molar-refractivity contribution in [2.75, 3.05) is 26.2 Å². The third kappa shape index (κ3) is 3.98. The fourth-order valence-corrected chi connectivity index (χ4v) is 2.17. The maximum atomic E-state index is 13.0. The first-order valence-corrected chi connectivity index (χ1v) is 6.72. The Morgan fingerprint density at radius 3 is 2.81 bits per heavy atom. The predicted octanol–water partition coefficient (Wildman–Crippen LogP) is 0.515. The van der Waals surface area contributed by atoms with E-state index in [0.29, 0.717) is 19.6 Å². The number of benzene rings is 1. The van der Waals surface area contributed by atoms with Gasteiger partial charge in [0, 0.05) is 31.2 Å². The minimum atomic E-state index is -1.09. The first kappa shape index (κ1) is 15.4. The Morgan fingerprint density at radius 1 is 1.38 bits per heavy atom. The fraction of sp³-hybridized carbons (Fsp3) is 0.429. The van der Waals surface area contributed by atoms with E-state index in [9.17, 15) is 18.4 Å². The van der Waals surface area contributed by atoms with Gasteiger partial charge in [0.25, 0.3) is 5.91 Å². The molecule has 21 heavy (non-hydrogen) atoms. The Hall–Kier alpha value is -2.02. The second-order valence-corrected chi connectivity index (χ2v) is 5.01. The number of rotatable bonds is 3. The first-order valence-electron chi connectivity index (χ1n) is 6.72. The van der Waals surface area contributed by atoms with Crippen LogP contribution >= 0.6 is 0 Å². The van der Waals surface area contributed by atoms with Crippen LogP contribution in [0.3, 0.4) is 0 Å². The highest BCUT2D eigenvalue weighted by atomic mass is 19.2. The highest BCUT2D eigenvalue weighted by Crippen LogP contribution is 2.08. The van der Waals surface area contributed by atoms with E-state index in [1.807, 2.05) is 6.92 Å². The molecule has 5 nitrogen and oxygen atoms in total. The number of hydrogen-bond donors (Lipinski definition) is 2. The molecule has 0 saturated carbocycles. The molecule has 1 saturated heterocycles. The van der Waals surface area contributed by atoms with Gasteiger partial charge in [-0.1, -0.05) is 0 Å². The molecular formula is C14H17F2N3O2. The highest BCUT2D eigenvalue weighted by molar-refractivity contribution is 5.96. The van der Waals surface area contributed by atoms with Crippen molar-refractivity contribution < 1.29 is 18.4 Å². The number of nitrogens with zero attached hydrogens (tertiary/aromatic N) is 1. The van der Waals surface area contributed by atoms with E-state index in [1.165, 1.54) is 6.07 Å². The fourth-order valence-electron chi connectivity index (χ4n) is 2.17. The molecule has 1 fully saturated rings. The third-order valence-corrected chi connectivity index (χ3v) is 3.30. The first-order chi connectivity index (χ1) is 9.97. The molecule has 114 valence electrons. The van der Waals surface area contributed by atoms with Crippen LogP contribution in [0.4, 0.5) is 8.78 Å². The van der Waals surface area contributed by atoms with Gasteiger partial charge in [-0.15, -0.1) is 0 Å². The molecular weight excluding hydrogens is 280 g/mol. The molecule has 1 aliphatic rings. The van der Waals surface area contributed by atoms with Crippen molar-refractivity contribution in [3.8, 4) is 0 Å². The van der Waals surface area contributed by atoms with Crippen molar-refractivity contribution >= 4 is 11.8 Å². The molecule has 2 N–H and O–H groups in total. The Balaban J connectivity index is 1.88. The summed E-state index contributed by atoms with van der Waals surface area (Å²) in [4.78, 5) is 25.4. The van der Waals surface area contributed by atoms with Crippen molar-refractivity contribution in [3.63, 3.8) is 0 Å². The summed E-state index contributed by atoms with van der Waals surface area (Å²) in [6.45, 7) is 3.69. The van der Waals surface area contributed by atoms with Gasteiger partial charge in [0.1, 0.15) is 0 Å². The SMILES string of the molecule is C[C@@H]1CN(C(=O)CNC(=O)c2ccc(F)c(F)c2)CCN1. The van der Waals surface area contributed by atoms with Gasteiger partial charge in [0.05, 0.1) is 6.54 Å². The van der Waals surface area contributed by atoms with Gasteiger partial charge in [0.2, 0.25) is 5.91 Å². The molecule has 1 atom stereocenters. The summed E-state index contributed by atoms with van der Waals surface area (Å²) in [5.41, 5.74) is -0.0182. The van der Waals surface area contributed by atoms with Crippen LogP contribution in [0.5, 0.6) is 0 Å². The Morgan fingerprint density at radius 2 is 2.14 bits per heavy atom. The lowest BCUT2D eigenvalue weighted by Gasteiger charge is -2.31. The molecule has 1 heterocycles. The van der Waals surface area contributed by atoms with Crippen LogP contribution in [-0.2, 0) is 4.79 Å². The average molecular weight is 297 g/mol. The molecule has 1 aliphatic heterocycles. The topological polar surface area (TPSA) is 61.4 Å². The summed E-state index contributed by atoms with van der Waals surface area (Å²) in [5, 5.41) is 5.63. The lowest BCUT2D eigenvalue weighted by molar-refractivity contribution is -0.131. The molecule has 2 rings (SSSR count). The molecule has 0 spiro atoms. The van der Waals surface area contributed by atoms with Gasteiger partial charge < -0.3 is 15.5 Å². The van der Waals surface area contributed by atoms with Crippen molar-refractivity contribution in [2.24, 2.45) is 0 Å². The molecule has 0 radical (unpaired) electrons. The molecule has 0 bridgehead atoms. The minimum absolute atomic E-state index is 0.0182. The number of carbonyl (C=O) groups is 2. The number of hydrogen-bond acceptors (Lipinski definition) is 3. The van der Waals surface area contributed by atoms with E-state index in [1.54, 1.807) is 4.90 Å². The van der Waals surface area contributed by atoms with Gasteiger partial charge in [-0.25, -0.2) is 8.78 Å². The molecule has 2 amide bonds. The Bertz CT molecular complexity index is 551. The zero-order valence-corrected chi connectivity index (χ0v) is 11.7. The monoisotopic (exact) mass is 297 g/mol. The quantitative estimate of drug-likeness (QED) is 0.855. The van der Waals surface area contributed by atoms with E-state index >= 15 is 0 Å². The smallest absolute Gasteiger partial charge is 0.251 e. The van der Waals surface area contributed by atoms with Gasteiger partial charge in [-0.3, -0.25) is 9.59 Å². The summed E-state index contributed by atoms with van der Waals surface area (Å²) in [5.74, 6) is -2.91. The van der Waals surface area contributed by atoms with Gasteiger partial charge in [0.15, 0.2) is 11.6 Å². The van der Waals surface area contributed by atoms with Crippen LogP contribution in [0, 0.1) is 11.6 Å². The van der Waals surface area contributed by atoms with E-state index in [4.69, 9.17) is 0 Å². The number of nitrogens with one attached hydrogen (secondary N) is 2. The van der Waals surface area contributed by atoms with E-state index < -0.39 is 17.5 Å². The largest absolute Gasteiger partial charge is 0.343 e. The van der Waals surface area contributed by atoms with Crippen LogP contribution < -0.4 is 10.6 Å². The van der Waals surface area contributed by atoms with E-state index in [2.05, 4.69) is 10.6 Å². The van der Waals surface area contributed by atoms with Crippen molar-refractivity contribution in [3.05, 3.63) is 35.4 Å². The van der Waals surface area contributed by atoms with Crippen LogP contribution in [0.1, 0.15) is 17.3 Å². The second-order valence-electron chi connectivity index (χ2n) is 5.01. The van der Waals surface area contributed by atoms with Crippen LogP contribution in [0.15, 0.2) is 18.2 Å². The summed E-state index contributed by atoms with van der Waals surface area (Å²) >= 11 is 0. The van der Waals surface area contributed by atoms with Crippen LogP contribution in [0.2, 0.25) is 0 Å². The van der Waals surface area contributed by atoms with Crippen molar-refractivity contribution in [2.45, 2.75) is 13.0 Å². The zero-order chi connectivity index (χ0) is 15.4. The van der Waals surface area contributed by atoms with Crippen molar-refractivity contribution in [1.29, 1.82) is 0 Å². The van der Waals surface area contributed by atoms with Crippen LogP contribution in [-0.4, -0.2) is 48.9 Å². The predicted molar refractivity (Wildman–Crippen MR) is 72.7 cm³/mol. The summed E-state index contributed by atoms with van der Waals surface area (Å²) in [6, 6.07) is 3.07. The number of piperazine rings is 1. The normalized spacial score (nSPS) is 18.4. The third-order valence-electron chi connectivity index (χ3n) is 3.30. The highest BCUT2D eigenvalue weighted by Gasteiger charge is 2.20. The maximum Gasteiger partial charge on any atom is 0.251 e. The molecule has 0 unspecified atom stereocenters. The van der Waals surface area contributed by atoms with Crippen LogP contribution in [0.25, 0.3) is 0 Å². The molecule has 0 aliphatic carbocycles. The molecule has 7 heteroatoms. The average Bonchev–Trinajstić information content (AvgIpc) is 2.47. The zero-order valence-electron chi connectivity index (χ0n) is 11.7. The van der Waals surface area contributed by atoms with Gasteiger partial charge in [-0.2, -0.15) is 0 Å². The molecule has 0 aromatic heterocycles. The summed E-state index contributed by atoms with van der Waals surface area (Å²) in [6.07, 6.45) is 0. The molecule has 1 aromatic rings. The number of carbonyl (C=O) groups excluding carboxylic acids is 2. The lowest BCUT2D eigenvalue weighted by atomic mass is 10.2. The number of amides is 2. The summed E-state index contributed by atoms with van der Waals surface area (Å²) in [7, 11) is 0. The Labute approximate surface area is 121 Å². The van der Waals surface area contributed by atoms with Gasteiger partial charge >= 0.3 is 0 Å². The van der Waals surface area contributed by atoms with Crippen molar-refractivity contribution in [1.82, 2.24) is 15.5 Å². The maximum absolute atomic E-state index is 13.0. The van der Waals surface area contributed by atoms with E-state index in [-0.39, 0.29) is 24.1 Å².